The third-order valence-corrected chi connectivity index (χ3v) is 4.26. The van der Waals surface area contributed by atoms with E-state index in [0.717, 1.165) is 37.2 Å². The zero-order chi connectivity index (χ0) is 15.0. The molecule has 112 valence electrons. The molecule has 3 rings (SSSR count). The topological polar surface area (TPSA) is 61.6 Å². The van der Waals surface area contributed by atoms with Crippen LogP contribution in [-0.4, -0.2) is 70.2 Å². The van der Waals surface area contributed by atoms with Crippen LogP contribution in [0.25, 0.3) is 11.0 Å². The van der Waals surface area contributed by atoms with Gasteiger partial charge in [-0.2, -0.15) is 0 Å². The highest BCUT2D eigenvalue weighted by atomic mass is 16.4. The van der Waals surface area contributed by atoms with Gasteiger partial charge in [0.15, 0.2) is 0 Å². The van der Waals surface area contributed by atoms with Crippen molar-refractivity contribution in [3.8, 4) is 0 Å². The lowest BCUT2D eigenvalue weighted by Crippen LogP contribution is -2.51. The maximum Gasteiger partial charge on any atom is 0.335 e. The third-order valence-electron chi connectivity index (χ3n) is 4.26. The number of imidazole rings is 1. The monoisotopic (exact) mass is 288 g/mol. The number of carbonyl (C=O) groups is 1. The zero-order valence-corrected chi connectivity index (χ0v) is 12.4. The first kappa shape index (κ1) is 14.0. The SMILES string of the molecule is CN1CCN(C)C(Cn2cnc3cc(C(=O)O)ccc32)C1. The second-order valence-electron chi connectivity index (χ2n) is 5.80. The fraction of sp³-hybridized carbons (Fsp3) is 0.467. The van der Waals surface area contributed by atoms with E-state index in [-0.39, 0.29) is 5.56 Å². The lowest BCUT2D eigenvalue weighted by molar-refractivity contribution is 0.0697. The molecule has 6 nitrogen and oxygen atoms in total. The largest absolute Gasteiger partial charge is 0.478 e. The average Bonchev–Trinajstić information content (AvgIpc) is 2.85. The van der Waals surface area contributed by atoms with Crippen LogP contribution in [0.1, 0.15) is 10.4 Å². The maximum atomic E-state index is 11.0. The van der Waals surface area contributed by atoms with Gasteiger partial charge in [0.2, 0.25) is 0 Å². The van der Waals surface area contributed by atoms with Crippen molar-refractivity contribution in [2.24, 2.45) is 0 Å². The van der Waals surface area contributed by atoms with E-state index in [9.17, 15) is 4.79 Å². The first-order valence-electron chi connectivity index (χ1n) is 7.11. The number of hydrogen-bond donors (Lipinski definition) is 1. The molecule has 1 saturated heterocycles. The van der Waals surface area contributed by atoms with Gasteiger partial charge in [0.1, 0.15) is 0 Å². The highest BCUT2D eigenvalue weighted by Crippen LogP contribution is 2.17. The van der Waals surface area contributed by atoms with E-state index in [0.29, 0.717) is 6.04 Å². The first-order valence-corrected chi connectivity index (χ1v) is 7.11. The molecule has 2 aromatic rings. The lowest BCUT2D eigenvalue weighted by Gasteiger charge is -2.37. The van der Waals surface area contributed by atoms with Crippen molar-refractivity contribution in [2.45, 2.75) is 12.6 Å². The van der Waals surface area contributed by atoms with Crippen LogP contribution in [0.5, 0.6) is 0 Å². The van der Waals surface area contributed by atoms with Crippen molar-refractivity contribution in [3.63, 3.8) is 0 Å². The fourth-order valence-corrected chi connectivity index (χ4v) is 2.87. The molecule has 1 aromatic carbocycles. The molecule has 0 saturated carbocycles. The molecule has 1 atom stereocenters. The number of likely N-dealkylation sites (N-methyl/N-ethyl adjacent to an activating group) is 2. The minimum absolute atomic E-state index is 0.280. The summed E-state index contributed by atoms with van der Waals surface area (Å²) in [6.45, 7) is 4.06. The number of benzene rings is 1. The molecule has 1 aliphatic rings. The Morgan fingerprint density at radius 3 is 2.95 bits per heavy atom. The quantitative estimate of drug-likeness (QED) is 0.912. The number of carboxylic acids is 1. The maximum absolute atomic E-state index is 11.0. The minimum atomic E-state index is -0.917. The van der Waals surface area contributed by atoms with Gasteiger partial charge in [0.05, 0.1) is 22.9 Å². The molecule has 1 aromatic heterocycles. The van der Waals surface area contributed by atoms with Crippen LogP contribution in [0.2, 0.25) is 0 Å². The van der Waals surface area contributed by atoms with Crippen molar-refractivity contribution in [2.75, 3.05) is 33.7 Å². The van der Waals surface area contributed by atoms with Crippen LogP contribution < -0.4 is 0 Å². The number of aromatic nitrogens is 2. The fourth-order valence-electron chi connectivity index (χ4n) is 2.87. The molecular weight excluding hydrogens is 268 g/mol. The van der Waals surface area contributed by atoms with Gasteiger partial charge in [-0.25, -0.2) is 9.78 Å². The van der Waals surface area contributed by atoms with Crippen LogP contribution in [0.4, 0.5) is 0 Å². The van der Waals surface area contributed by atoms with E-state index >= 15 is 0 Å². The molecular formula is C15H20N4O2. The molecule has 0 aliphatic carbocycles. The number of fused-ring (bicyclic) bond motifs is 1. The van der Waals surface area contributed by atoms with Crippen LogP contribution in [-0.2, 0) is 6.54 Å². The Kier molecular flexibility index (Phi) is 3.65. The average molecular weight is 288 g/mol. The normalized spacial score (nSPS) is 21.0. The molecule has 2 heterocycles. The number of aromatic carboxylic acids is 1. The van der Waals surface area contributed by atoms with Gasteiger partial charge in [-0.3, -0.25) is 4.90 Å². The predicted octanol–water partition coefficient (Wildman–Crippen LogP) is 0.980. The van der Waals surface area contributed by atoms with Gasteiger partial charge >= 0.3 is 5.97 Å². The number of nitrogens with zero attached hydrogens (tertiary/aromatic N) is 4. The minimum Gasteiger partial charge on any atom is -0.478 e. The number of rotatable bonds is 3. The standard InChI is InChI=1S/C15H20N4O2/c1-17-5-6-18(2)12(8-17)9-19-10-16-13-7-11(15(20)21)3-4-14(13)19/h3-4,7,10,12H,5-6,8-9H2,1-2H3,(H,20,21). The molecule has 1 N–H and O–H groups in total. The predicted molar refractivity (Wildman–Crippen MR) is 80.6 cm³/mol. The highest BCUT2D eigenvalue weighted by molar-refractivity contribution is 5.92. The summed E-state index contributed by atoms with van der Waals surface area (Å²) in [5, 5.41) is 9.03. The van der Waals surface area contributed by atoms with Crippen LogP contribution in [0.15, 0.2) is 24.5 Å². The molecule has 1 unspecified atom stereocenters. The van der Waals surface area contributed by atoms with Crippen molar-refractivity contribution in [3.05, 3.63) is 30.1 Å². The summed E-state index contributed by atoms with van der Waals surface area (Å²) in [4.78, 5) is 20.1. The summed E-state index contributed by atoms with van der Waals surface area (Å²) in [5.41, 5.74) is 2.01. The van der Waals surface area contributed by atoms with Gasteiger partial charge < -0.3 is 14.6 Å². The summed E-state index contributed by atoms with van der Waals surface area (Å²) in [5.74, 6) is -0.917. The van der Waals surface area contributed by atoms with Gasteiger partial charge in [-0.15, -0.1) is 0 Å². The Morgan fingerprint density at radius 2 is 2.19 bits per heavy atom. The van der Waals surface area contributed by atoms with E-state index < -0.39 is 5.97 Å². The Morgan fingerprint density at radius 1 is 1.38 bits per heavy atom. The smallest absolute Gasteiger partial charge is 0.335 e. The molecule has 21 heavy (non-hydrogen) atoms. The first-order chi connectivity index (χ1) is 10.0. The number of piperazine rings is 1. The van der Waals surface area contributed by atoms with Gasteiger partial charge in [0.25, 0.3) is 0 Å². The Bertz CT molecular complexity index is 667. The molecule has 6 heteroatoms. The van der Waals surface area contributed by atoms with Crippen LogP contribution in [0.3, 0.4) is 0 Å². The summed E-state index contributed by atoms with van der Waals surface area (Å²) >= 11 is 0. The molecule has 0 spiro atoms. The molecule has 0 bridgehead atoms. The van der Waals surface area contributed by atoms with E-state index in [1.165, 1.54) is 0 Å². The lowest BCUT2D eigenvalue weighted by atomic mass is 10.1. The van der Waals surface area contributed by atoms with Crippen molar-refractivity contribution in [1.29, 1.82) is 0 Å². The number of carboxylic acid groups (broad SMARTS) is 1. The van der Waals surface area contributed by atoms with Crippen LogP contribution in [0, 0.1) is 0 Å². The van der Waals surface area contributed by atoms with Gasteiger partial charge in [0, 0.05) is 32.2 Å². The summed E-state index contributed by atoms with van der Waals surface area (Å²) in [7, 11) is 4.30. The summed E-state index contributed by atoms with van der Waals surface area (Å²) < 4.78 is 2.11. The van der Waals surface area contributed by atoms with Crippen molar-refractivity contribution >= 4 is 17.0 Å². The van der Waals surface area contributed by atoms with E-state index in [1.807, 2.05) is 6.07 Å². The molecule has 1 aliphatic heterocycles. The van der Waals surface area contributed by atoms with Gasteiger partial charge in [-0.05, 0) is 32.3 Å². The van der Waals surface area contributed by atoms with Crippen LogP contribution >= 0.6 is 0 Å². The zero-order valence-electron chi connectivity index (χ0n) is 12.4. The Hall–Kier alpha value is -1.92. The van der Waals surface area contributed by atoms with Crippen molar-refractivity contribution < 1.29 is 9.90 Å². The highest BCUT2D eigenvalue weighted by Gasteiger charge is 2.23. The second kappa shape index (κ2) is 5.46. The number of hydrogen-bond acceptors (Lipinski definition) is 4. The Balaban J connectivity index is 1.85. The summed E-state index contributed by atoms with van der Waals surface area (Å²) in [6, 6.07) is 5.56. The Labute approximate surface area is 123 Å². The van der Waals surface area contributed by atoms with E-state index in [4.69, 9.17) is 5.11 Å². The van der Waals surface area contributed by atoms with Gasteiger partial charge in [-0.1, -0.05) is 0 Å². The summed E-state index contributed by atoms with van der Waals surface area (Å²) in [6.07, 6.45) is 1.80. The second-order valence-corrected chi connectivity index (χ2v) is 5.80. The third kappa shape index (κ3) is 2.77. The molecule has 0 amide bonds. The van der Waals surface area contributed by atoms with E-state index in [2.05, 4.69) is 33.4 Å². The van der Waals surface area contributed by atoms with Crippen molar-refractivity contribution in [1.82, 2.24) is 19.4 Å². The van der Waals surface area contributed by atoms with E-state index in [1.54, 1.807) is 18.5 Å². The molecule has 1 fully saturated rings. The molecule has 0 radical (unpaired) electrons.